The van der Waals surface area contributed by atoms with Gasteiger partial charge in [0.1, 0.15) is 5.82 Å². The zero-order valence-corrected chi connectivity index (χ0v) is 12.2. The summed E-state index contributed by atoms with van der Waals surface area (Å²) in [7, 11) is 0. The van der Waals surface area contributed by atoms with Crippen LogP contribution in [-0.4, -0.2) is 24.4 Å². The number of nitrogens with zero attached hydrogens (tertiary/aromatic N) is 1. The van der Waals surface area contributed by atoms with E-state index in [4.69, 9.17) is 0 Å². The predicted molar refractivity (Wildman–Crippen MR) is 77.7 cm³/mol. The van der Waals surface area contributed by atoms with E-state index in [1.54, 1.807) is 0 Å². The molecule has 1 aromatic heterocycles. The van der Waals surface area contributed by atoms with E-state index < -0.39 is 30.2 Å². The molecule has 124 valence electrons. The van der Waals surface area contributed by atoms with Gasteiger partial charge in [0.05, 0.1) is 5.56 Å². The molecule has 0 fully saturated rings. The number of aromatic nitrogens is 1. The third kappa shape index (κ3) is 4.26. The number of ether oxygens (including phenoxy) is 1. The number of rotatable bonds is 4. The van der Waals surface area contributed by atoms with Crippen LogP contribution in [0, 0.1) is 11.0 Å². The first kappa shape index (κ1) is 16.9. The number of carbonyl (C=O) groups is 3. The zero-order valence-electron chi connectivity index (χ0n) is 12.2. The van der Waals surface area contributed by atoms with Crippen LogP contribution in [0.3, 0.4) is 0 Å². The summed E-state index contributed by atoms with van der Waals surface area (Å²) >= 11 is 0. The van der Waals surface area contributed by atoms with Crippen LogP contribution < -0.4 is 15.6 Å². The summed E-state index contributed by atoms with van der Waals surface area (Å²) in [5.41, 5.74) is 3.39. The van der Waals surface area contributed by atoms with Gasteiger partial charge in [-0.2, -0.15) is 4.73 Å². The van der Waals surface area contributed by atoms with Crippen molar-refractivity contribution in [1.82, 2.24) is 10.9 Å². The molecule has 24 heavy (non-hydrogen) atoms. The van der Waals surface area contributed by atoms with Crippen LogP contribution in [0.4, 0.5) is 4.39 Å². The lowest BCUT2D eigenvalue weighted by atomic mass is 10.2. The van der Waals surface area contributed by atoms with Gasteiger partial charge in [0, 0.05) is 12.1 Å². The number of esters is 1. The highest BCUT2D eigenvalue weighted by Gasteiger charge is 2.18. The van der Waals surface area contributed by atoms with Crippen LogP contribution in [-0.2, 0) is 9.53 Å². The number of amides is 2. The van der Waals surface area contributed by atoms with E-state index in [2.05, 4.69) is 4.74 Å². The first-order valence-electron chi connectivity index (χ1n) is 6.68. The summed E-state index contributed by atoms with van der Waals surface area (Å²) < 4.78 is 18.3. The van der Waals surface area contributed by atoms with Gasteiger partial charge in [0.25, 0.3) is 11.8 Å². The molecule has 0 saturated heterocycles. The lowest BCUT2D eigenvalue weighted by Crippen LogP contribution is -2.44. The number of nitrogens with one attached hydrogen (secondary N) is 2. The number of hydrazine groups is 1. The average Bonchev–Trinajstić information content (AvgIpc) is 2.58. The third-order valence-electron chi connectivity index (χ3n) is 2.80. The standard InChI is InChI=1S/C15H12FN3O5/c16-11-6-2-1-5-10(11)14(21)18-17-13(20)9-24-15(22)12-7-3-4-8-19(12)23/h1-8H,9H2,(H,17,20)(H,18,21). The number of halogens is 1. The van der Waals surface area contributed by atoms with Crippen LogP contribution in [0.25, 0.3) is 0 Å². The van der Waals surface area contributed by atoms with Crippen molar-refractivity contribution >= 4 is 17.8 Å². The van der Waals surface area contributed by atoms with Crippen molar-refractivity contribution in [3.05, 3.63) is 70.9 Å². The molecule has 9 heteroatoms. The summed E-state index contributed by atoms with van der Waals surface area (Å²) in [4.78, 5) is 34.8. The molecule has 0 radical (unpaired) electrons. The molecule has 0 aliphatic heterocycles. The summed E-state index contributed by atoms with van der Waals surface area (Å²) in [5, 5.41) is 11.3. The minimum Gasteiger partial charge on any atom is -0.618 e. The van der Waals surface area contributed by atoms with Crippen LogP contribution in [0.1, 0.15) is 20.8 Å². The highest BCUT2D eigenvalue weighted by molar-refractivity contribution is 5.96. The van der Waals surface area contributed by atoms with E-state index in [1.165, 1.54) is 36.4 Å². The molecule has 0 bridgehead atoms. The van der Waals surface area contributed by atoms with Crippen LogP contribution >= 0.6 is 0 Å². The molecule has 0 atom stereocenters. The largest absolute Gasteiger partial charge is 0.618 e. The fraction of sp³-hybridized carbons (Fsp3) is 0.0667. The van der Waals surface area contributed by atoms with Gasteiger partial charge < -0.3 is 9.94 Å². The first-order valence-corrected chi connectivity index (χ1v) is 6.68. The second kappa shape index (κ2) is 7.68. The molecule has 2 amide bonds. The number of pyridine rings is 1. The highest BCUT2D eigenvalue weighted by atomic mass is 19.1. The molecule has 2 aromatic rings. The Morgan fingerprint density at radius 3 is 2.50 bits per heavy atom. The van der Waals surface area contributed by atoms with Crippen molar-refractivity contribution in [3.63, 3.8) is 0 Å². The number of carbonyl (C=O) groups excluding carboxylic acids is 3. The monoisotopic (exact) mass is 333 g/mol. The minimum absolute atomic E-state index is 0.258. The molecule has 0 spiro atoms. The Morgan fingerprint density at radius 2 is 1.79 bits per heavy atom. The fourth-order valence-corrected chi connectivity index (χ4v) is 1.67. The summed E-state index contributed by atoms with van der Waals surface area (Å²) in [6.45, 7) is -0.731. The Labute approximate surface area is 135 Å². The Hall–Kier alpha value is -3.49. The molecule has 8 nitrogen and oxygen atoms in total. The van der Waals surface area contributed by atoms with Gasteiger partial charge in [-0.1, -0.05) is 12.1 Å². The SMILES string of the molecule is O=C(COC(=O)c1cccc[n+]1[O-])NNC(=O)c1ccccc1F. The van der Waals surface area contributed by atoms with Crippen LogP contribution in [0.5, 0.6) is 0 Å². The van der Waals surface area contributed by atoms with Gasteiger partial charge in [-0.3, -0.25) is 20.4 Å². The Morgan fingerprint density at radius 1 is 1.08 bits per heavy atom. The van der Waals surface area contributed by atoms with E-state index in [0.29, 0.717) is 4.73 Å². The van der Waals surface area contributed by atoms with Crippen molar-refractivity contribution in [2.24, 2.45) is 0 Å². The summed E-state index contributed by atoms with van der Waals surface area (Å²) in [6.07, 6.45) is 1.10. The lowest BCUT2D eigenvalue weighted by molar-refractivity contribution is -0.608. The second-order valence-electron chi connectivity index (χ2n) is 4.47. The third-order valence-corrected chi connectivity index (χ3v) is 2.80. The van der Waals surface area contributed by atoms with Crippen molar-refractivity contribution in [2.75, 3.05) is 6.61 Å². The normalized spacial score (nSPS) is 9.88. The number of hydrogen-bond acceptors (Lipinski definition) is 5. The van der Waals surface area contributed by atoms with Crippen molar-refractivity contribution < 1.29 is 28.2 Å². The molecule has 1 aromatic carbocycles. The van der Waals surface area contributed by atoms with Gasteiger partial charge in [-0.05, 0) is 18.2 Å². The average molecular weight is 333 g/mol. The van der Waals surface area contributed by atoms with Gasteiger partial charge in [-0.15, -0.1) is 0 Å². The summed E-state index contributed by atoms with van der Waals surface area (Å²) in [5.74, 6) is -3.48. The smallest absolute Gasteiger partial charge is 0.405 e. The van der Waals surface area contributed by atoms with E-state index >= 15 is 0 Å². The van der Waals surface area contributed by atoms with Gasteiger partial charge >= 0.3 is 11.7 Å². The maximum absolute atomic E-state index is 13.4. The molecular formula is C15H12FN3O5. The molecule has 2 N–H and O–H groups in total. The van der Waals surface area contributed by atoms with Gasteiger partial charge in [0.15, 0.2) is 12.8 Å². The molecule has 1 heterocycles. The quantitative estimate of drug-likeness (QED) is 0.356. The molecular weight excluding hydrogens is 321 g/mol. The van der Waals surface area contributed by atoms with Crippen LogP contribution in [0.2, 0.25) is 0 Å². The minimum atomic E-state index is -0.999. The number of hydrogen-bond donors (Lipinski definition) is 2. The topological polar surface area (TPSA) is 111 Å². The van der Waals surface area contributed by atoms with Crippen molar-refractivity contribution in [2.45, 2.75) is 0 Å². The maximum atomic E-state index is 13.4. The van der Waals surface area contributed by atoms with Gasteiger partial charge in [-0.25, -0.2) is 9.18 Å². The highest BCUT2D eigenvalue weighted by Crippen LogP contribution is 2.05. The zero-order chi connectivity index (χ0) is 17.5. The Balaban J connectivity index is 1.82. The second-order valence-corrected chi connectivity index (χ2v) is 4.47. The number of benzene rings is 1. The van der Waals surface area contributed by atoms with Crippen molar-refractivity contribution in [1.29, 1.82) is 0 Å². The van der Waals surface area contributed by atoms with E-state index in [1.807, 2.05) is 10.9 Å². The molecule has 0 unspecified atom stereocenters. The lowest BCUT2D eigenvalue weighted by Gasteiger charge is -2.08. The fourth-order valence-electron chi connectivity index (χ4n) is 1.67. The first-order chi connectivity index (χ1) is 11.5. The van der Waals surface area contributed by atoms with E-state index in [-0.39, 0.29) is 11.3 Å². The Bertz CT molecular complexity index is 718. The van der Waals surface area contributed by atoms with E-state index in [9.17, 15) is 24.0 Å². The Kier molecular flexibility index (Phi) is 5.40. The molecule has 0 aliphatic carbocycles. The van der Waals surface area contributed by atoms with Crippen molar-refractivity contribution in [3.8, 4) is 0 Å². The molecule has 2 rings (SSSR count). The molecule has 0 saturated carbocycles. The van der Waals surface area contributed by atoms with Crippen LogP contribution in [0.15, 0.2) is 48.7 Å². The van der Waals surface area contributed by atoms with Gasteiger partial charge in [0.2, 0.25) is 0 Å². The van der Waals surface area contributed by atoms with E-state index in [0.717, 1.165) is 12.3 Å². The summed E-state index contributed by atoms with van der Waals surface area (Å²) in [6, 6.07) is 9.31. The predicted octanol–water partition coefficient (Wildman–Crippen LogP) is 0.0771. The molecule has 0 aliphatic rings. The maximum Gasteiger partial charge on any atom is 0.405 e.